The van der Waals surface area contributed by atoms with E-state index in [2.05, 4.69) is 29.0 Å². The number of carbonyl (C=O) groups excluding carboxylic acids is 1. The second-order valence-electron chi connectivity index (χ2n) is 7.41. The minimum atomic E-state index is -4.85. The minimum Gasteiger partial charge on any atom is -0.497 e. The first-order valence-electron chi connectivity index (χ1n) is 9.67. The zero-order valence-corrected chi connectivity index (χ0v) is 18.0. The fraction of sp³-hybridized carbons (Fsp3) is 0.174. The van der Waals surface area contributed by atoms with Crippen molar-refractivity contribution < 1.29 is 23.9 Å². The van der Waals surface area contributed by atoms with Gasteiger partial charge < -0.3 is 14.5 Å². The summed E-state index contributed by atoms with van der Waals surface area (Å²) in [6.45, 7) is 2.06. The molecule has 31 heavy (non-hydrogen) atoms. The Morgan fingerprint density at radius 3 is 2.45 bits per heavy atom. The largest absolute Gasteiger partial charge is 0.497 e. The molecule has 4 rings (SSSR count). The molecule has 0 saturated heterocycles. The lowest BCUT2D eigenvalue weighted by Gasteiger charge is -2.10. The van der Waals surface area contributed by atoms with E-state index < -0.39 is 13.1 Å². The Bertz CT molecular complexity index is 1360. The molecule has 2 aromatic heterocycles. The predicted molar refractivity (Wildman–Crippen MR) is 119 cm³/mol. The Labute approximate surface area is 178 Å². The van der Waals surface area contributed by atoms with Crippen molar-refractivity contribution in [3.63, 3.8) is 0 Å². The van der Waals surface area contributed by atoms with Gasteiger partial charge in [-0.1, -0.05) is 12.1 Å². The van der Waals surface area contributed by atoms with Gasteiger partial charge in [-0.3, -0.25) is 19.3 Å². The van der Waals surface area contributed by atoms with E-state index >= 15 is 0 Å². The summed E-state index contributed by atoms with van der Waals surface area (Å²) in [4.78, 5) is 39.0. The number of benzene rings is 2. The van der Waals surface area contributed by atoms with Crippen molar-refractivity contribution in [1.29, 1.82) is 0 Å². The van der Waals surface area contributed by atoms with E-state index in [1.807, 2.05) is 18.3 Å². The van der Waals surface area contributed by atoms with E-state index in [-0.39, 0.29) is 5.56 Å². The van der Waals surface area contributed by atoms with E-state index in [0.29, 0.717) is 11.0 Å². The van der Waals surface area contributed by atoms with Crippen molar-refractivity contribution in [1.82, 2.24) is 9.97 Å². The first kappa shape index (κ1) is 21.1. The Balaban J connectivity index is 1.66. The molecule has 0 aliphatic rings. The molecule has 7 nitrogen and oxygen atoms in total. The van der Waals surface area contributed by atoms with Gasteiger partial charge in [0.1, 0.15) is 5.75 Å². The molecule has 0 aliphatic carbocycles. The van der Waals surface area contributed by atoms with Crippen molar-refractivity contribution in [3.8, 4) is 5.75 Å². The smallest absolute Gasteiger partial charge is 0.396 e. The van der Waals surface area contributed by atoms with Crippen LogP contribution in [0.5, 0.6) is 5.75 Å². The van der Waals surface area contributed by atoms with Crippen LogP contribution in [-0.2, 0) is 17.4 Å². The summed E-state index contributed by atoms with van der Waals surface area (Å²) in [6.07, 6.45) is 5.09. The normalized spacial score (nSPS) is 11.7. The molecule has 2 aromatic carbocycles. The number of hydrogen-bond donors (Lipinski definition) is 2. The van der Waals surface area contributed by atoms with Gasteiger partial charge in [0.05, 0.1) is 24.3 Å². The highest BCUT2D eigenvalue weighted by Gasteiger charge is 2.27. The molecule has 0 unspecified atom stereocenters. The van der Waals surface area contributed by atoms with Crippen molar-refractivity contribution in [2.75, 3.05) is 7.11 Å². The SMILES string of the molecule is COc1ccc(CCc2cnc3cnc4cc(C(=O)P(=O)(O)O)ccc4c3c2)c(C)c1. The third-order valence-electron chi connectivity index (χ3n) is 5.33. The molecule has 0 spiro atoms. The van der Waals surface area contributed by atoms with Crippen LogP contribution in [0.25, 0.3) is 21.8 Å². The average molecular weight is 436 g/mol. The Kier molecular flexibility index (Phi) is 5.58. The number of methoxy groups -OCH3 is 1. The topological polar surface area (TPSA) is 110 Å². The lowest BCUT2D eigenvalue weighted by molar-refractivity contribution is 0.104. The van der Waals surface area contributed by atoms with Gasteiger partial charge in [0.2, 0.25) is 0 Å². The molecule has 0 atom stereocenters. The molecule has 0 aliphatic heterocycles. The van der Waals surface area contributed by atoms with Crippen LogP contribution in [0.1, 0.15) is 27.0 Å². The van der Waals surface area contributed by atoms with Gasteiger partial charge in [0, 0.05) is 22.5 Å². The van der Waals surface area contributed by atoms with Gasteiger partial charge in [-0.15, -0.1) is 0 Å². The summed E-state index contributed by atoms with van der Waals surface area (Å²) in [7, 11) is -3.19. The maximum absolute atomic E-state index is 11.9. The van der Waals surface area contributed by atoms with Crippen molar-refractivity contribution in [2.45, 2.75) is 19.8 Å². The van der Waals surface area contributed by atoms with E-state index in [1.54, 1.807) is 19.4 Å². The zero-order chi connectivity index (χ0) is 22.2. The van der Waals surface area contributed by atoms with E-state index in [0.717, 1.165) is 34.9 Å². The van der Waals surface area contributed by atoms with Crippen LogP contribution >= 0.6 is 7.60 Å². The van der Waals surface area contributed by atoms with Crippen LogP contribution in [-0.4, -0.2) is 32.4 Å². The molecule has 2 N–H and O–H groups in total. The standard InChI is InChI=1S/C23H21N2O5P/c1-14-9-18(30-2)7-5-16(14)4-3-15-10-20-19-8-6-17(23(26)31(27,28)29)11-21(19)25-13-22(20)24-12-15/h5-13H,3-4H2,1-2H3,(H2,27,28,29). The minimum absolute atomic E-state index is 0.0632. The number of aryl methyl sites for hydroxylation is 3. The van der Waals surface area contributed by atoms with Crippen molar-refractivity contribution in [3.05, 3.63) is 77.1 Å². The van der Waals surface area contributed by atoms with E-state index in [4.69, 9.17) is 14.5 Å². The van der Waals surface area contributed by atoms with Crippen molar-refractivity contribution >= 4 is 34.9 Å². The number of aromatic nitrogens is 2. The first-order valence-corrected chi connectivity index (χ1v) is 11.3. The van der Waals surface area contributed by atoms with Gasteiger partial charge in [-0.05, 0) is 66.8 Å². The summed E-state index contributed by atoms with van der Waals surface area (Å²) in [5.41, 5.74) is 3.39. The highest BCUT2D eigenvalue weighted by Crippen LogP contribution is 2.39. The van der Waals surface area contributed by atoms with Crippen LogP contribution in [0.2, 0.25) is 0 Å². The summed E-state index contributed by atoms with van der Waals surface area (Å²) in [5, 5.41) is 1.65. The number of ether oxygens (including phenoxy) is 1. The molecule has 8 heteroatoms. The van der Waals surface area contributed by atoms with Crippen molar-refractivity contribution in [2.24, 2.45) is 0 Å². The van der Waals surface area contributed by atoms with Crippen LogP contribution in [0.3, 0.4) is 0 Å². The molecular weight excluding hydrogens is 415 g/mol. The second-order valence-corrected chi connectivity index (χ2v) is 8.90. The Morgan fingerprint density at radius 1 is 0.968 bits per heavy atom. The van der Waals surface area contributed by atoms with E-state index in [1.165, 1.54) is 23.3 Å². The number of hydrogen-bond acceptors (Lipinski definition) is 5. The molecule has 4 aromatic rings. The number of pyridine rings is 2. The molecule has 0 radical (unpaired) electrons. The number of rotatable bonds is 6. The van der Waals surface area contributed by atoms with Crippen LogP contribution < -0.4 is 4.74 Å². The molecular formula is C23H21N2O5P. The predicted octanol–water partition coefficient (Wildman–Crippen LogP) is 4.20. The van der Waals surface area contributed by atoms with Crippen LogP contribution in [0, 0.1) is 6.92 Å². The summed E-state index contributed by atoms with van der Waals surface area (Å²) in [5.74, 6) is 0.837. The lowest BCUT2D eigenvalue weighted by atomic mass is 9.99. The Hall–Kier alpha value is -3.12. The fourth-order valence-corrected chi connectivity index (χ4v) is 4.10. The third kappa shape index (κ3) is 4.35. The lowest BCUT2D eigenvalue weighted by Crippen LogP contribution is -2.00. The van der Waals surface area contributed by atoms with Gasteiger partial charge in [0.15, 0.2) is 0 Å². The first-order chi connectivity index (χ1) is 14.8. The fourth-order valence-electron chi connectivity index (χ4n) is 3.63. The monoisotopic (exact) mass is 436 g/mol. The quantitative estimate of drug-likeness (QED) is 0.344. The Morgan fingerprint density at radius 2 is 1.74 bits per heavy atom. The van der Waals surface area contributed by atoms with Crippen LogP contribution in [0.15, 0.2) is 54.9 Å². The summed E-state index contributed by atoms with van der Waals surface area (Å²) >= 11 is 0. The zero-order valence-electron chi connectivity index (χ0n) is 17.1. The number of nitrogens with zero attached hydrogens (tertiary/aromatic N) is 2. The molecule has 158 valence electrons. The van der Waals surface area contributed by atoms with Gasteiger partial charge in [0.25, 0.3) is 5.52 Å². The maximum Gasteiger partial charge on any atom is 0.396 e. The molecule has 0 bridgehead atoms. The summed E-state index contributed by atoms with van der Waals surface area (Å²) < 4.78 is 16.5. The number of carbonyl (C=O) groups is 1. The second kappa shape index (κ2) is 8.19. The molecule has 2 heterocycles. The van der Waals surface area contributed by atoms with Gasteiger partial charge in [-0.25, -0.2) is 0 Å². The maximum atomic E-state index is 11.9. The molecule has 0 saturated carbocycles. The van der Waals surface area contributed by atoms with Gasteiger partial charge in [-0.2, -0.15) is 0 Å². The average Bonchev–Trinajstić information content (AvgIpc) is 2.76. The number of fused-ring (bicyclic) bond motifs is 3. The molecule has 0 amide bonds. The van der Waals surface area contributed by atoms with Crippen LogP contribution in [0.4, 0.5) is 0 Å². The summed E-state index contributed by atoms with van der Waals surface area (Å²) in [6, 6.07) is 12.6. The van der Waals surface area contributed by atoms with Gasteiger partial charge >= 0.3 is 7.60 Å². The molecule has 0 fully saturated rings. The highest BCUT2D eigenvalue weighted by molar-refractivity contribution is 7.70. The highest BCUT2D eigenvalue weighted by atomic mass is 31.2. The van der Waals surface area contributed by atoms with E-state index in [9.17, 15) is 9.36 Å². The third-order valence-corrected chi connectivity index (χ3v) is 6.12.